The molecule has 0 atom stereocenters. The Hall–Kier alpha value is 0.270. The zero-order chi connectivity index (χ0) is 8.91. The SMILES string of the molecule is CC[I-]/C=C(/NC)C(C)(C)C. The van der Waals surface area contributed by atoms with Crippen molar-refractivity contribution in [3.63, 3.8) is 0 Å². The summed E-state index contributed by atoms with van der Waals surface area (Å²) in [6.07, 6.45) is 0. The number of halogens is 1. The molecular formula is C9H19IN-. The molecule has 0 spiro atoms. The van der Waals surface area contributed by atoms with E-state index in [0.29, 0.717) is 26.6 Å². The molecule has 0 radical (unpaired) electrons. The summed E-state index contributed by atoms with van der Waals surface area (Å²) in [6.45, 7) is 8.98. The molecule has 1 N–H and O–H groups in total. The summed E-state index contributed by atoms with van der Waals surface area (Å²) in [7, 11) is 2.01. The van der Waals surface area contributed by atoms with Crippen LogP contribution in [0.15, 0.2) is 9.78 Å². The van der Waals surface area contributed by atoms with Gasteiger partial charge in [0.15, 0.2) is 0 Å². The van der Waals surface area contributed by atoms with Crippen molar-refractivity contribution < 1.29 is 21.2 Å². The van der Waals surface area contributed by atoms with Gasteiger partial charge in [-0.2, -0.15) is 0 Å². The monoisotopic (exact) mass is 268 g/mol. The molecule has 0 heterocycles. The van der Waals surface area contributed by atoms with E-state index in [1.165, 1.54) is 10.1 Å². The van der Waals surface area contributed by atoms with E-state index < -0.39 is 0 Å². The minimum atomic E-state index is 0.291. The number of nitrogens with one attached hydrogen (secondary N) is 1. The third-order valence-corrected chi connectivity index (χ3v) is 3.36. The molecule has 0 aromatic carbocycles. The van der Waals surface area contributed by atoms with E-state index in [1.54, 1.807) is 0 Å². The summed E-state index contributed by atoms with van der Waals surface area (Å²) < 4.78 is 3.74. The maximum atomic E-state index is 3.27. The van der Waals surface area contributed by atoms with Crippen molar-refractivity contribution in [3.05, 3.63) is 9.78 Å². The summed E-state index contributed by atoms with van der Waals surface area (Å²) in [5.74, 6) is 0. The fourth-order valence-corrected chi connectivity index (χ4v) is 2.87. The van der Waals surface area contributed by atoms with Crippen molar-refractivity contribution >= 4 is 0 Å². The van der Waals surface area contributed by atoms with Gasteiger partial charge in [-0.25, -0.2) is 0 Å². The summed E-state index contributed by atoms with van der Waals surface area (Å²) in [5, 5.41) is 3.27. The molecule has 1 nitrogen and oxygen atoms in total. The molecule has 0 aromatic rings. The Labute approximate surface area is 80.9 Å². The van der Waals surface area contributed by atoms with E-state index in [4.69, 9.17) is 0 Å². The van der Waals surface area contributed by atoms with Crippen LogP contribution in [0.2, 0.25) is 0 Å². The van der Waals surface area contributed by atoms with Gasteiger partial charge in [-0.15, -0.1) is 0 Å². The molecule has 0 bridgehead atoms. The van der Waals surface area contributed by atoms with Crippen molar-refractivity contribution in [1.82, 2.24) is 5.32 Å². The van der Waals surface area contributed by atoms with E-state index >= 15 is 0 Å². The number of rotatable bonds is 3. The Bertz CT molecular complexity index is 133. The van der Waals surface area contributed by atoms with Crippen LogP contribution in [0.1, 0.15) is 27.7 Å². The van der Waals surface area contributed by atoms with Crippen LogP contribution in [-0.4, -0.2) is 11.5 Å². The second-order valence-electron chi connectivity index (χ2n) is 3.44. The van der Waals surface area contributed by atoms with Gasteiger partial charge in [-0.1, -0.05) is 0 Å². The Balaban J connectivity index is 4.16. The van der Waals surface area contributed by atoms with Gasteiger partial charge in [0.25, 0.3) is 0 Å². The van der Waals surface area contributed by atoms with Crippen molar-refractivity contribution in [1.29, 1.82) is 0 Å². The van der Waals surface area contributed by atoms with E-state index in [9.17, 15) is 0 Å². The van der Waals surface area contributed by atoms with Gasteiger partial charge in [0.1, 0.15) is 0 Å². The molecule has 0 aliphatic heterocycles. The van der Waals surface area contributed by atoms with Crippen molar-refractivity contribution in [2.45, 2.75) is 27.7 Å². The molecule has 0 aliphatic rings. The van der Waals surface area contributed by atoms with Gasteiger partial charge in [0.2, 0.25) is 0 Å². The summed E-state index contributed by atoms with van der Waals surface area (Å²) in [5.41, 5.74) is 1.69. The summed E-state index contributed by atoms with van der Waals surface area (Å²) >= 11 is 0.291. The van der Waals surface area contributed by atoms with E-state index in [2.05, 4.69) is 37.1 Å². The summed E-state index contributed by atoms with van der Waals surface area (Å²) in [6, 6.07) is 0. The Morgan fingerprint density at radius 2 is 2.00 bits per heavy atom. The first-order chi connectivity index (χ1) is 5.02. The zero-order valence-electron chi connectivity index (χ0n) is 8.16. The van der Waals surface area contributed by atoms with Gasteiger partial charge >= 0.3 is 80.9 Å². The van der Waals surface area contributed by atoms with Crippen LogP contribution < -0.4 is 26.5 Å². The first-order valence-electron chi connectivity index (χ1n) is 3.98. The molecule has 2 heteroatoms. The second-order valence-corrected chi connectivity index (χ2v) is 6.47. The summed E-state index contributed by atoms with van der Waals surface area (Å²) in [4.78, 5) is 0. The van der Waals surface area contributed by atoms with Crippen LogP contribution in [0, 0.1) is 5.41 Å². The average Bonchev–Trinajstić information content (AvgIpc) is 1.87. The number of hydrogen-bond acceptors (Lipinski definition) is 1. The Morgan fingerprint density at radius 3 is 2.27 bits per heavy atom. The normalized spacial score (nSPS) is 13.7. The molecule has 11 heavy (non-hydrogen) atoms. The fourth-order valence-electron chi connectivity index (χ4n) is 0.748. The van der Waals surface area contributed by atoms with Crippen LogP contribution in [0.4, 0.5) is 0 Å². The van der Waals surface area contributed by atoms with E-state index in [-0.39, 0.29) is 0 Å². The zero-order valence-corrected chi connectivity index (χ0v) is 10.3. The molecule has 0 aliphatic carbocycles. The molecule has 0 saturated heterocycles. The molecule has 0 unspecified atom stereocenters. The van der Waals surface area contributed by atoms with E-state index in [1.807, 2.05) is 7.05 Å². The standard InChI is InChI=1S/C9H19IN/c1-6-10-7-8(11-5)9(2,3)4/h7,11H,6H2,1-5H3/q-1/b8-7+. The van der Waals surface area contributed by atoms with Crippen molar-refractivity contribution in [2.24, 2.45) is 5.41 Å². The molecule has 0 fully saturated rings. The molecule has 0 rings (SSSR count). The van der Waals surface area contributed by atoms with Gasteiger partial charge in [0.05, 0.1) is 0 Å². The maximum absolute atomic E-state index is 3.27. The van der Waals surface area contributed by atoms with Crippen LogP contribution in [0.25, 0.3) is 0 Å². The molecular weight excluding hydrogens is 249 g/mol. The minimum absolute atomic E-state index is 0.291. The van der Waals surface area contributed by atoms with Crippen molar-refractivity contribution in [2.75, 3.05) is 11.5 Å². The third-order valence-electron chi connectivity index (χ3n) is 1.42. The average molecular weight is 268 g/mol. The van der Waals surface area contributed by atoms with Gasteiger partial charge in [0, 0.05) is 0 Å². The van der Waals surface area contributed by atoms with Gasteiger partial charge < -0.3 is 0 Å². The van der Waals surface area contributed by atoms with Gasteiger partial charge in [-0.3, -0.25) is 0 Å². The fraction of sp³-hybridized carbons (Fsp3) is 0.778. The van der Waals surface area contributed by atoms with E-state index in [0.717, 1.165) is 0 Å². The van der Waals surface area contributed by atoms with Crippen LogP contribution >= 0.6 is 0 Å². The number of hydrogen-bond donors (Lipinski definition) is 1. The molecule has 0 amide bonds. The predicted octanol–water partition coefficient (Wildman–Crippen LogP) is -0.798. The number of alkyl halides is 1. The third kappa shape index (κ3) is 4.67. The van der Waals surface area contributed by atoms with Crippen LogP contribution in [-0.2, 0) is 0 Å². The van der Waals surface area contributed by atoms with Crippen molar-refractivity contribution in [3.8, 4) is 0 Å². The van der Waals surface area contributed by atoms with Gasteiger partial charge in [-0.05, 0) is 0 Å². The molecule has 0 saturated carbocycles. The molecule has 0 aromatic heterocycles. The predicted molar refractivity (Wildman–Crippen MR) is 47.1 cm³/mol. The topological polar surface area (TPSA) is 12.0 Å². The Morgan fingerprint density at radius 1 is 1.45 bits per heavy atom. The van der Waals surface area contributed by atoms with Crippen LogP contribution in [0.5, 0.6) is 0 Å². The first kappa shape index (κ1) is 11.3. The molecule has 68 valence electrons. The Kier molecular flexibility index (Phi) is 5.13. The second kappa shape index (κ2) is 5.01. The number of allylic oxidation sites excluding steroid dienone is 1. The van der Waals surface area contributed by atoms with Crippen LogP contribution in [0.3, 0.4) is 0 Å². The first-order valence-corrected chi connectivity index (χ1v) is 6.75. The quantitative estimate of drug-likeness (QED) is 0.522.